The molecule has 5 nitrogen and oxygen atoms in total. The lowest BCUT2D eigenvalue weighted by Crippen LogP contribution is -2.34. The molecule has 0 aliphatic rings. The molecule has 5 aromatic heterocycles. The molecular formula is C100H140N5+5. The molecule has 0 N–H and O–H groups in total. The molecule has 0 aliphatic carbocycles. The molecule has 0 bridgehead atoms. The maximum absolute atomic E-state index is 8.70. The Morgan fingerprint density at radius 2 is 0.562 bits per heavy atom. The van der Waals surface area contributed by atoms with Crippen molar-refractivity contribution in [1.29, 1.82) is 0 Å². The van der Waals surface area contributed by atoms with Crippen molar-refractivity contribution < 1.29 is 36.5 Å². The second kappa shape index (κ2) is 36.4. The molecule has 0 amide bonds. The SMILES string of the molecule is Cc1ccc(-c2cc(C)c(C(C)(C)C)c[n+]2C)c(C)c1.Cc1ccc(-c2cc(CC(C)C)c(CC(C)C)c[n+]2C)c(C)c1.Cc1ccccc1-c1cc(C)c(C(C)(C)C)c[n+]1C.[2H]C([2H])([2H])c1ccc(-c2cc(C([2H])([2H])C(C)C)c(C([2H])([2H])C(C)C)c[n+]2C)c(C)c1.[2H]C([2H])([2H])c1ccc(-c2cc(C)c(C(C)(C)C)c[n+]2C)c(C)c1. The number of hydrogen-bond donors (Lipinski definition) is 0. The third-order valence-electron chi connectivity index (χ3n) is 19.5. The molecule has 0 aliphatic heterocycles. The smallest absolute Gasteiger partial charge is 0.201 e. The predicted octanol–water partition coefficient (Wildman–Crippen LogP) is 23.3. The monoisotopic (exact) mass is 1420 g/mol. The fraction of sp³-hybridized carbons (Fsp3) is 0.450. The molecule has 5 heterocycles. The van der Waals surface area contributed by atoms with Crippen LogP contribution in [0.25, 0.3) is 56.3 Å². The zero-order valence-corrected chi connectivity index (χ0v) is 71.0. The number of aryl methyl sites for hydroxylation is 17. The molecule has 0 spiro atoms. The molecule has 10 rings (SSSR count). The van der Waals surface area contributed by atoms with Gasteiger partial charge >= 0.3 is 0 Å². The van der Waals surface area contributed by atoms with Gasteiger partial charge in [0.1, 0.15) is 35.2 Å². The topological polar surface area (TPSA) is 19.4 Å². The van der Waals surface area contributed by atoms with Gasteiger partial charge in [-0.1, -0.05) is 207 Å². The minimum atomic E-state index is -2.19. The maximum Gasteiger partial charge on any atom is 0.212 e. The average molecular weight is 1420 g/mol. The van der Waals surface area contributed by atoms with Crippen molar-refractivity contribution in [3.63, 3.8) is 0 Å². The highest BCUT2D eigenvalue weighted by atomic mass is 14.9. The molecule has 0 unspecified atom stereocenters. The maximum atomic E-state index is 8.70. The molecule has 105 heavy (non-hydrogen) atoms. The van der Waals surface area contributed by atoms with Gasteiger partial charge in [0.15, 0.2) is 31.0 Å². The lowest BCUT2D eigenvalue weighted by atomic mass is 9.84. The highest BCUT2D eigenvalue weighted by Crippen LogP contribution is 2.34. The van der Waals surface area contributed by atoms with Gasteiger partial charge in [0.05, 0.1) is 0 Å². The van der Waals surface area contributed by atoms with E-state index in [1.807, 2.05) is 27.0 Å². The fourth-order valence-corrected chi connectivity index (χ4v) is 14.4. The van der Waals surface area contributed by atoms with Gasteiger partial charge in [-0.15, -0.1) is 0 Å². The van der Waals surface area contributed by atoms with E-state index in [-0.39, 0.29) is 33.6 Å². The molecule has 560 valence electrons. The summed E-state index contributed by atoms with van der Waals surface area (Å²) in [5.41, 5.74) is 32.9. The Balaban J connectivity index is 0.000000226. The molecule has 0 fully saturated rings. The fourth-order valence-electron chi connectivity index (χ4n) is 14.4. The van der Waals surface area contributed by atoms with E-state index in [9.17, 15) is 0 Å². The standard InChI is InChI=1S/2C22H32N.2C19H26N.C18H24N/c2*1-15(2)10-19-13-22(21-9-8-17(5)12-18(21)6)23(7)14-20(19)11-16(3)4;2*1-13-8-9-16(14(2)10-13)18-11-15(3)17(12-20(18)7)19(4,5)6;1-13-9-7-8-10-15(13)17-11-14(2)16(12-19(17)6)18(3,4)5/h2*8-9,12-16H,10-11H2,1-7H3;2*8-12H,1-7H3;7-12H,1-6H3/q5*+1/i5D3,10D2,11D2;;1D3;;. The second-order valence-electron chi connectivity index (χ2n) is 34.6. The molecule has 0 saturated carbocycles. The van der Waals surface area contributed by atoms with E-state index in [1.165, 1.54) is 106 Å². The Bertz CT molecular complexity index is 5070. The van der Waals surface area contributed by atoms with E-state index in [4.69, 9.17) is 13.7 Å². The summed E-state index contributed by atoms with van der Waals surface area (Å²) in [6.45, 7) is 53.6. The summed E-state index contributed by atoms with van der Waals surface area (Å²) < 4.78 is 90.9. The van der Waals surface area contributed by atoms with Crippen LogP contribution in [0.2, 0.25) is 0 Å². The predicted molar refractivity (Wildman–Crippen MR) is 452 cm³/mol. The minimum Gasteiger partial charge on any atom is -0.201 e. The highest BCUT2D eigenvalue weighted by Gasteiger charge is 2.28. The van der Waals surface area contributed by atoms with Crippen molar-refractivity contribution in [2.75, 3.05) is 0 Å². The van der Waals surface area contributed by atoms with Crippen molar-refractivity contribution >= 4 is 0 Å². The van der Waals surface area contributed by atoms with E-state index >= 15 is 0 Å². The third kappa shape index (κ3) is 23.7. The summed E-state index contributed by atoms with van der Waals surface area (Å²) in [5, 5.41) is 0. The van der Waals surface area contributed by atoms with Crippen molar-refractivity contribution in [3.05, 3.63) is 264 Å². The summed E-state index contributed by atoms with van der Waals surface area (Å²) in [4.78, 5) is 0. The number of pyridine rings is 5. The third-order valence-corrected chi connectivity index (χ3v) is 19.5. The first kappa shape index (κ1) is 71.1. The van der Waals surface area contributed by atoms with Crippen LogP contribution >= 0.6 is 0 Å². The van der Waals surface area contributed by atoms with Gasteiger partial charge in [-0.2, -0.15) is 0 Å². The van der Waals surface area contributed by atoms with Crippen LogP contribution in [0.1, 0.15) is 237 Å². The number of aromatic nitrogens is 5. The summed E-state index contributed by atoms with van der Waals surface area (Å²) in [6.07, 6.45) is 9.65. The normalized spacial score (nSPS) is 13.6. The van der Waals surface area contributed by atoms with Gasteiger partial charge in [-0.05, 0) is 234 Å². The lowest BCUT2D eigenvalue weighted by Gasteiger charge is -2.20. The Morgan fingerprint density at radius 3 is 0.876 bits per heavy atom. The first-order valence-corrected chi connectivity index (χ1v) is 38.2. The van der Waals surface area contributed by atoms with Crippen LogP contribution in [-0.4, -0.2) is 0 Å². The largest absolute Gasteiger partial charge is 0.212 e. The van der Waals surface area contributed by atoms with Crippen molar-refractivity contribution in [2.45, 2.75) is 242 Å². The molecule has 5 heteroatoms. The number of rotatable bonds is 13. The summed E-state index contributed by atoms with van der Waals surface area (Å²) in [6, 6.07) is 43.3. The van der Waals surface area contributed by atoms with Crippen LogP contribution in [0.15, 0.2) is 158 Å². The van der Waals surface area contributed by atoms with E-state index in [0.29, 0.717) is 34.2 Å². The van der Waals surface area contributed by atoms with Gasteiger partial charge in [0, 0.05) is 99.7 Å². The van der Waals surface area contributed by atoms with Gasteiger partial charge in [-0.25, -0.2) is 22.8 Å². The molecule has 0 atom stereocenters. The van der Waals surface area contributed by atoms with Crippen molar-refractivity contribution in [2.24, 2.45) is 58.9 Å². The number of hydrogen-bond acceptors (Lipinski definition) is 0. The summed E-state index contributed by atoms with van der Waals surface area (Å²) >= 11 is 0. The van der Waals surface area contributed by atoms with Gasteiger partial charge < -0.3 is 0 Å². The number of nitrogens with zero attached hydrogens (tertiary/aromatic N) is 5. The van der Waals surface area contributed by atoms with Crippen molar-refractivity contribution in [1.82, 2.24) is 0 Å². The lowest BCUT2D eigenvalue weighted by molar-refractivity contribution is -0.661. The zero-order chi connectivity index (χ0) is 87.2. The van der Waals surface area contributed by atoms with Crippen LogP contribution in [-0.2, 0) is 77.1 Å². The van der Waals surface area contributed by atoms with E-state index in [1.54, 1.807) is 81.9 Å². The van der Waals surface area contributed by atoms with Gasteiger partial charge in [-0.3, -0.25) is 0 Å². The van der Waals surface area contributed by atoms with Crippen LogP contribution in [0.3, 0.4) is 0 Å². The first-order valence-electron chi connectivity index (χ1n) is 43.2. The first-order chi connectivity index (χ1) is 52.7. The van der Waals surface area contributed by atoms with E-state index < -0.39 is 26.4 Å². The second-order valence-corrected chi connectivity index (χ2v) is 34.6. The Labute approximate surface area is 655 Å². The average Bonchev–Trinajstić information content (AvgIpc) is 0.742. The highest BCUT2D eigenvalue weighted by molar-refractivity contribution is 5.66. The van der Waals surface area contributed by atoms with E-state index in [0.717, 1.165) is 40.8 Å². The Morgan fingerprint density at radius 1 is 0.286 bits per heavy atom. The quantitative estimate of drug-likeness (QED) is 0.103. The van der Waals surface area contributed by atoms with Gasteiger partial charge in [0.25, 0.3) is 0 Å². The molecule has 0 saturated heterocycles. The Kier molecular flexibility index (Phi) is 24.7. The van der Waals surface area contributed by atoms with Crippen LogP contribution in [0.5, 0.6) is 0 Å². The Hall–Kier alpha value is -8.15. The van der Waals surface area contributed by atoms with Crippen LogP contribution < -0.4 is 22.8 Å². The molecule has 10 aromatic rings. The molecular weight excluding hydrogens is 1270 g/mol. The molecule has 5 aromatic carbocycles. The van der Waals surface area contributed by atoms with Gasteiger partial charge in [0.2, 0.25) is 28.5 Å². The van der Waals surface area contributed by atoms with Crippen molar-refractivity contribution in [3.8, 4) is 56.3 Å². The van der Waals surface area contributed by atoms with E-state index in [2.05, 4.69) is 295 Å². The van der Waals surface area contributed by atoms with Crippen LogP contribution in [0, 0.1) is 107 Å². The minimum absolute atomic E-state index is 0.0978. The summed E-state index contributed by atoms with van der Waals surface area (Å²) in [7, 11) is 10.3. The number of benzene rings is 5. The van der Waals surface area contributed by atoms with Crippen LogP contribution in [0.4, 0.5) is 0 Å². The zero-order valence-electron chi connectivity index (χ0n) is 81.0. The molecule has 0 radical (unpaired) electrons. The summed E-state index contributed by atoms with van der Waals surface area (Å²) in [5.74, 6) is 0.692.